The summed E-state index contributed by atoms with van der Waals surface area (Å²) < 4.78 is 0. The predicted molar refractivity (Wildman–Crippen MR) is 121 cm³/mol. The summed E-state index contributed by atoms with van der Waals surface area (Å²) in [6.07, 6.45) is 5.61. The molecule has 0 saturated carbocycles. The molecular weight excluding hydrogens is 406 g/mol. The number of piperidine rings is 2. The molecule has 2 unspecified atom stereocenters. The Balaban J connectivity index is 1.43. The first-order valence-corrected chi connectivity index (χ1v) is 12.1. The zero-order valence-corrected chi connectivity index (χ0v) is 19.2. The second-order valence-corrected chi connectivity index (χ2v) is 9.67. The number of carbonyl (C=O) groups is 3. The first kappa shape index (κ1) is 22.9. The van der Waals surface area contributed by atoms with Gasteiger partial charge in [-0.25, -0.2) is 0 Å². The molecule has 3 heterocycles. The molecule has 3 aliphatic heterocycles. The SMILES string of the molecule is CCCC(CC)CN1CCC(O)(c2ccc3c(c2)CN(C2CCC(=O)NC2=O)C3=O)CC1. The number of hydrogen-bond acceptors (Lipinski definition) is 5. The van der Waals surface area contributed by atoms with Gasteiger partial charge in [0, 0.05) is 38.2 Å². The minimum atomic E-state index is -0.886. The Labute approximate surface area is 190 Å². The Hall–Kier alpha value is -2.25. The zero-order chi connectivity index (χ0) is 22.9. The van der Waals surface area contributed by atoms with Gasteiger partial charge >= 0.3 is 0 Å². The summed E-state index contributed by atoms with van der Waals surface area (Å²) in [5, 5.41) is 13.7. The van der Waals surface area contributed by atoms with Crippen molar-refractivity contribution >= 4 is 17.7 Å². The van der Waals surface area contributed by atoms with Gasteiger partial charge in [-0.3, -0.25) is 19.7 Å². The molecule has 3 amide bonds. The van der Waals surface area contributed by atoms with Crippen LogP contribution in [0, 0.1) is 5.92 Å². The lowest BCUT2D eigenvalue weighted by atomic mass is 9.83. The van der Waals surface area contributed by atoms with Gasteiger partial charge < -0.3 is 14.9 Å². The summed E-state index contributed by atoms with van der Waals surface area (Å²) in [5.74, 6) is -0.145. The molecule has 2 atom stereocenters. The standard InChI is InChI=1S/C25H35N3O4/c1-3-5-17(4-2)15-27-12-10-25(32,11-13-27)19-6-7-20-18(14-19)16-28(24(20)31)21-8-9-22(29)26-23(21)30/h6-7,14,17,21,32H,3-5,8-13,15-16H2,1-2H3,(H,26,29,30). The fraction of sp³-hybridized carbons (Fsp3) is 0.640. The fourth-order valence-corrected chi connectivity index (χ4v) is 5.46. The van der Waals surface area contributed by atoms with Gasteiger partial charge in [-0.15, -0.1) is 0 Å². The fourth-order valence-electron chi connectivity index (χ4n) is 5.46. The van der Waals surface area contributed by atoms with Gasteiger partial charge in [0.05, 0.1) is 5.60 Å². The quantitative estimate of drug-likeness (QED) is 0.635. The number of benzene rings is 1. The van der Waals surface area contributed by atoms with Crippen LogP contribution in [0.2, 0.25) is 0 Å². The van der Waals surface area contributed by atoms with Crippen LogP contribution in [0.1, 0.15) is 80.3 Å². The number of rotatable bonds is 7. The number of nitrogens with one attached hydrogen (secondary N) is 1. The van der Waals surface area contributed by atoms with Gasteiger partial charge in [0.25, 0.3) is 5.91 Å². The molecule has 7 heteroatoms. The zero-order valence-electron chi connectivity index (χ0n) is 19.2. The first-order chi connectivity index (χ1) is 15.3. The highest BCUT2D eigenvalue weighted by Gasteiger charge is 2.40. The van der Waals surface area contributed by atoms with Crippen LogP contribution in [0.3, 0.4) is 0 Å². The molecule has 7 nitrogen and oxygen atoms in total. The highest BCUT2D eigenvalue weighted by Crippen LogP contribution is 2.36. The molecule has 32 heavy (non-hydrogen) atoms. The number of carbonyl (C=O) groups excluding carboxylic acids is 3. The van der Waals surface area contributed by atoms with Crippen molar-refractivity contribution in [3.05, 3.63) is 34.9 Å². The van der Waals surface area contributed by atoms with Gasteiger partial charge in [-0.2, -0.15) is 0 Å². The summed E-state index contributed by atoms with van der Waals surface area (Å²) in [5.41, 5.74) is 1.41. The van der Waals surface area contributed by atoms with E-state index in [2.05, 4.69) is 24.1 Å². The third kappa shape index (κ3) is 4.46. The number of likely N-dealkylation sites (tertiary alicyclic amines) is 1. The van der Waals surface area contributed by atoms with E-state index < -0.39 is 17.6 Å². The monoisotopic (exact) mass is 441 g/mol. The number of hydrogen-bond donors (Lipinski definition) is 2. The van der Waals surface area contributed by atoms with Crippen molar-refractivity contribution in [1.82, 2.24) is 15.1 Å². The molecule has 2 N–H and O–H groups in total. The van der Waals surface area contributed by atoms with Crippen molar-refractivity contribution in [3.8, 4) is 0 Å². The molecule has 0 bridgehead atoms. The van der Waals surface area contributed by atoms with Gasteiger partial charge in [-0.05, 0) is 48.8 Å². The lowest BCUT2D eigenvalue weighted by molar-refractivity contribution is -0.136. The van der Waals surface area contributed by atoms with Crippen LogP contribution >= 0.6 is 0 Å². The van der Waals surface area contributed by atoms with Crippen LogP contribution < -0.4 is 5.32 Å². The minimum Gasteiger partial charge on any atom is -0.385 e. The van der Waals surface area contributed by atoms with E-state index >= 15 is 0 Å². The lowest BCUT2D eigenvalue weighted by Gasteiger charge is -2.40. The molecular formula is C25H35N3O4. The average Bonchev–Trinajstić information content (AvgIpc) is 3.10. The Bertz CT molecular complexity index is 891. The molecule has 4 rings (SSSR count). The third-order valence-electron chi connectivity index (χ3n) is 7.53. The van der Waals surface area contributed by atoms with Crippen molar-refractivity contribution in [3.63, 3.8) is 0 Å². The van der Waals surface area contributed by atoms with Crippen molar-refractivity contribution in [2.75, 3.05) is 19.6 Å². The molecule has 0 aliphatic carbocycles. The van der Waals surface area contributed by atoms with Gasteiger partial charge in [0.2, 0.25) is 11.8 Å². The summed E-state index contributed by atoms with van der Waals surface area (Å²) in [6, 6.07) is 4.99. The predicted octanol–water partition coefficient (Wildman–Crippen LogP) is 2.56. The highest BCUT2D eigenvalue weighted by atomic mass is 16.3. The molecule has 1 aromatic carbocycles. The van der Waals surface area contributed by atoms with Crippen molar-refractivity contribution in [2.24, 2.45) is 5.92 Å². The maximum absolute atomic E-state index is 12.9. The summed E-state index contributed by atoms with van der Waals surface area (Å²) in [6.45, 7) is 7.66. The molecule has 2 fully saturated rings. The second kappa shape index (κ2) is 9.32. The molecule has 2 saturated heterocycles. The summed E-state index contributed by atoms with van der Waals surface area (Å²) in [7, 11) is 0. The van der Waals surface area contributed by atoms with Crippen LogP contribution in [0.25, 0.3) is 0 Å². The number of amides is 3. The molecule has 1 aromatic rings. The van der Waals surface area contributed by atoms with E-state index in [9.17, 15) is 19.5 Å². The molecule has 0 aromatic heterocycles. The van der Waals surface area contributed by atoms with Crippen molar-refractivity contribution in [2.45, 2.75) is 77.0 Å². The van der Waals surface area contributed by atoms with Crippen molar-refractivity contribution < 1.29 is 19.5 Å². The molecule has 0 radical (unpaired) electrons. The van der Waals surface area contributed by atoms with E-state index in [4.69, 9.17) is 0 Å². The van der Waals surface area contributed by atoms with Crippen LogP contribution in [-0.4, -0.2) is 58.3 Å². The smallest absolute Gasteiger partial charge is 0.255 e. The van der Waals surface area contributed by atoms with Crippen LogP contribution in [0.4, 0.5) is 0 Å². The summed E-state index contributed by atoms with van der Waals surface area (Å²) >= 11 is 0. The van der Waals surface area contributed by atoms with Crippen LogP contribution in [0.15, 0.2) is 18.2 Å². The third-order valence-corrected chi connectivity index (χ3v) is 7.53. The Morgan fingerprint density at radius 2 is 1.94 bits per heavy atom. The maximum atomic E-state index is 12.9. The Morgan fingerprint density at radius 1 is 1.19 bits per heavy atom. The largest absolute Gasteiger partial charge is 0.385 e. The first-order valence-electron chi connectivity index (χ1n) is 12.1. The van der Waals surface area contributed by atoms with E-state index in [0.717, 1.165) is 36.7 Å². The van der Waals surface area contributed by atoms with Gasteiger partial charge in [0.15, 0.2) is 0 Å². The Kier molecular flexibility index (Phi) is 6.67. The van der Waals surface area contributed by atoms with E-state index in [-0.39, 0.29) is 18.2 Å². The van der Waals surface area contributed by atoms with Gasteiger partial charge in [0.1, 0.15) is 6.04 Å². The minimum absolute atomic E-state index is 0.176. The van der Waals surface area contributed by atoms with E-state index in [1.807, 2.05) is 12.1 Å². The molecule has 0 spiro atoms. The normalized spacial score (nSPS) is 24.4. The number of aliphatic hydroxyl groups is 1. The van der Waals surface area contributed by atoms with E-state index in [1.54, 1.807) is 11.0 Å². The lowest BCUT2D eigenvalue weighted by Crippen LogP contribution is -2.52. The Morgan fingerprint density at radius 3 is 2.59 bits per heavy atom. The van der Waals surface area contributed by atoms with Gasteiger partial charge in [-0.1, -0.05) is 38.8 Å². The van der Waals surface area contributed by atoms with Crippen LogP contribution in [0.5, 0.6) is 0 Å². The number of nitrogens with zero attached hydrogens (tertiary/aromatic N) is 2. The number of imide groups is 1. The van der Waals surface area contributed by atoms with E-state index in [1.165, 1.54) is 19.3 Å². The van der Waals surface area contributed by atoms with Crippen LogP contribution in [-0.2, 0) is 21.7 Å². The summed E-state index contributed by atoms with van der Waals surface area (Å²) in [4.78, 5) is 40.6. The average molecular weight is 442 g/mol. The topological polar surface area (TPSA) is 89.9 Å². The molecule has 174 valence electrons. The number of fused-ring (bicyclic) bond motifs is 1. The van der Waals surface area contributed by atoms with E-state index in [0.29, 0.717) is 31.4 Å². The highest BCUT2D eigenvalue weighted by molar-refractivity contribution is 6.05. The second-order valence-electron chi connectivity index (χ2n) is 9.67. The molecule has 3 aliphatic rings. The van der Waals surface area contributed by atoms with Crippen molar-refractivity contribution in [1.29, 1.82) is 0 Å². The maximum Gasteiger partial charge on any atom is 0.255 e.